The van der Waals surface area contributed by atoms with Crippen molar-refractivity contribution < 1.29 is 9.59 Å². The van der Waals surface area contributed by atoms with Crippen LogP contribution in [-0.4, -0.2) is 43.4 Å². The molecule has 2 rings (SSSR count). The summed E-state index contributed by atoms with van der Waals surface area (Å²) in [5, 5.41) is 6.22. The monoisotopic (exact) mass is 331 g/mol. The lowest BCUT2D eigenvalue weighted by Crippen LogP contribution is -2.38. The second-order valence-electron chi connectivity index (χ2n) is 6.95. The van der Waals surface area contributed by atoms with Crippen molar-refractivity contribution in [3.63, 3.8) is 0 Å². The molecule has 132 valence electrons. The lowest BCUT2D eigenvalue weighted by atomic mass is 9.85. The lowest BCUT2D eigenvalue weighted by molar-refractivity contribution is -0.134. The van der Waals surface area contributed by atoms with Crippen molar-refractivity contribution in [3.05, 3.63) is 29.8 Å². The van der Waals surface area contributed by atoms with Crippen LogP contribution in [0.2, 0.25) is 0 Å². The van der Waals surface area contributed by atoms with Crippen LogP contribution in [0, 0.1) is 18.8 Å². The van der Waals surface area contributed by atoms with Gasteiger partial charge in [0.05, 0.1) is 6.54 Å². The summed E-state index contributed by atoms with van der Waals surface area (Å²) in [6.45, 7) is 6.29. The van der Waals surface area contributed by atoms with Gasteiger partial charge in [-0.25, -0.2) is 0 Å². The van der Waals surface area contributed by atoms with E-state index in [1.807, 2.05) is 31.2 Å². The Kier molecular flexibility index (Phi) is 6.79. The van der Waals surface area contributed by atoms with E-state index in [9.17, 15) is 9.59 Å². The minimum Gasteiger partial charge on any atom is -0.336 e. The molecule has 1 heterocycles. The molecule has 2 unspecified atom stereocenters. The average molecular weight is 331 g/mol. The maximum absolute atomic E-state index is 12.4. The molecule has 1 fully saturated rings. The van der Waals surface area contributed by atoms with E-state index in [-0.39, 0.29) is 18.4 Å². The molecule has 24 heavy (non-hydrogen) atoms. The van der Waals surface area contributed by atoms with Crippen LogP contribution in [0.1, 0.15) is 31.7 Å². The Labute approximate surface area is 144 Å². The molecule has 0 aliphatic carbocycles. The molecular weight excluding hydrogens is 302 g/mol. The number of carbonyl (C=O) groups is 2. The highest BCUT2D eigenvalue weighted by atomic mass is 16.2. The van der Waals surface area contributed by atoms with Gasteiger partial charge in [0.1, 0.15) is 0 Å². The number of amides is 2. The molecule has 5 heteroatoms. The second-order valence-corrected chi connectivity index (χ2v) is 6.95. The van der Waals surface area contributed by atoms with Crippen molar-refractivity contribution in [1.29, 1.82) is 0 Å². The summed E-state index contributed by atoms with van der Waals surface area (Å²) >= 11 is 0. The maximum atomic E-state index is 12.4. The second kappa shape index (κ2) is 8.83. The Hall–Kier alpha value is -1.88. The zero-order valence-electron chi connectivity index (χ0n) is 15.0. The van der Waals surface area contributed by atoms with E-state index in [1.165, 1.54) is 17.7 Å². The highest BCUT2D eigenvalue weighted by Crippen LogP contribution is 2.23. The summed E-state index contributed by atoms with van der Waals surface area (Å²) in [4.78, 5) is 26.0. The first-order valence-corrected chi connectivity index (χ1v) is 8.77. The van der Waals surface area contributed by atoms with Crippen LogP contribution in [0.4, 0.5) is 5.69 Å². The van der Waals surface area contributed by atoms with Gasteiger partial charge in [-0.2, -0.15) is 0 Å². The third-order valence-corrected chi connectivity index (χ3v) is 4.78. The molecule has 2 atom stereocenters. The van der Waals surface area contributed by atoms with Crippen LogP contribution in [0.5, 0.6) is 0 Å². The SMILES string of the molecule is Cc1ccc(NC(=O)CN(C)C(=O)CC(C)C2CCCNC2)cc1. The van der Waals surface area contributed by atoms with E-state index in [0.717, 1.165) is 24.3 Å². The Morgan fingerprint density at radius 2 is 2.04 bits per heavy atom. The van der Waals surface area contributed by atoms with Gasteiger partial charge in [0.25, 0.3) is 0 Å². The van der Waals surface area contributed by atoms with Crippen LogP contribution in [0.3, 0.4) is 0 Å². The average Bonchev–Trinajstić information content (AvgIpc) is 2.57. The molecule has 0 bridgehead atoms. The van der Waals surface area contributed by atoms with Crippen LogP contribution >= 0.6 is 0 Å². The quantitative estimate of drug-likeness (QED) is 0.841. The van der Waals surface area contributed by atoms with Crippen LogP contribution in [-0.2, 0) is 9.59 Å². The van der Waals surface area contributed by atoms with Crippen molar-refractivity contribution >= 4 is 17.5 Å². The standard InChI is InChI=1S/C19H29N3O2/c1-14-6-8-17(9-7-14)21-18(23)13-22(3)19(24)11-15(2)16-5-4-10-20-12-16/h6-9,15-16,20H,4-5,10-13H2,1-3H3,(H,21,23). The van der Waals surface area contributed by atoms with E-state index in [2.05, 4.69) is 17.6 Å². The molecule has 1 aromatic rings. The Bertz CT molecular complexity index is 550. The molecule has 5 nitrogen and oxygen atoms in total. The van der Waals surface area contributed by atoms with Gasteiger partial charge in [-0.05, 0) is 56.8 Å². The number of nitrogens with zero attached hydrogens (tertiary/aromatic N) is 1. The predicted octanol–water partition coefficient (Wildman–Crippen LogP) is 2.42. The fourth-order valence-corrected chi connectivity index (χ4v) is 3.10. The first-order valence-electron chi connectivity index (χ1n) is 8.77. The van der Waals surface area contributed by atoms with E-state index in [0.29, 0.717) is 18.3 Å². The molecular formula is C19H29N3O2. The Morgan fingerprint density at radius 1 is 1.33 bits per heavy atom. The largest absolute Gasteiger partial charge is 0.336 e. The van der Waals surface area contributed by atoms with Gasteiger partial charge >= 0.3 is 0 Å². The minimum atomic E-state index is -0.165. The third-order valence-electron chi connectivity index (χ3n) is 4.78. The van der Waals surface area contributed by atoms with Crippen molar-refractivity contribution in [1.82, 2.24) is 10.2 Å². The summed E-state index contributed by atoms with van der Waals surface area (Å²) < 4.78 is 0. The molecule has 2 amide bonds. The topological polar surface area (TPSA) is 61.4 Å². The first-order chi connectivity index (χ1) is 11.5. The summed E-state index contributed by atoms with van der Waals surface area (Å²) in [6, 6.07) is 7.63. The molecule has 1 aliphatic heterocycles. The van der Waals surface area contributed by atoms with Gasteiger partial charge in [-0.1, -0.05) is 24.6 Å². The van der Waals surface area contributed by atoms with Crippen LogP contribution in [0.15, 0.2) is 24.3 Å². The van der Waals surface area contributed by atoms with E-state index < -0.39 is 0 Å². The number of piperidine rings is 1. The van der Waals surface area contributed by atoms with E-state index in [1.54, 1.807) is 7.05 Å². The molecule has 0 aromatic heterocycles. The number of anilines is 1. The summed E-state index contributed by atoms with van der Waals surface area (Å²) in [5.74, 6) is 0.763. The molecule has 2 N–H and O–H groups in total. The van der Waals surface area contributed by atoms with Gasteiger partial charge in [-0.3, -0.25) is 9.59 Å². The number of likely N-dealkylation sites (N-methyl/N-ethyl adjacent to an activating group) is 1. The molecule has 1 aliphatic rings. The van der Waals surface area contributed by atoms with Crippen molar-refractivity contribution in [2.24, 2.45) is 11.8 Å². The summed E-state index contributed by atoms with van der Waals surface area (Å²) in [7, 11) is 1.70. The summed E-state index contributed by atoms with van der Waals surface area (Å²) in [6.07, 6.45) is 2.86. The number of rotatable bonds is 6. The number of aryl methyl sites for hydroxylation is 1. The number of hydrogen-bond acceptors (Lipinski definition) is 3. The normalized spacial score (nSPS) is 18.7. The zero-order valence-corrected chi connectivity index (χ0v) is 15.0. The Balaban J connectivity index is 1.77. The first kappa shape index (κ1) is 18.5. The van der Waals surface area contributed by atoms with Crippen LogP contribution in [0.25, 0.3) is 0 Å². The van der Waals surface area contributed by atoms with Crippen molar-refractivity contribution in [2.75, 3.05) is 32.0 Å². The highest BCUT2D eigenvalue weighted by molar-refractivity contribution is 5.94. The van der Waals surface area contributed by atoms with Crippen molar-refractivity contribution in [3.8, 4) is 0 Å². The maximum Gasteiger partial charge on any atom is 0.243 e. The van der Waals surface area contributed by atoms with E-state index >= 15 is 0 Å². The fourth-order valence-electron chi connectivity index (χ4n) is 3.10. The zero-order chi connectivity index (χ0) is 17.5. The predicted molar refractivity (Wildman–Crippen MR) is 96.8 cm³/mol. The number of nitrogens with one attached hydrogen (secondary N) is 2. The molecule has 1 aromatic carbocycles. The van der Waals surface area contributed by atoms with Gasteiger partial charge in [-0.15, -0.1) is 0 Å². The molecule has 0 spiro atoms. The third kappa shape index (κ3) is 5.64. The highest BCUT2D eigenvalue weighted by Gasteiger charge is 2.23. The number of carbonyl (C=O) groups excluding carboxylic acids is 2. The summed E-state index contributed by atoms with van der Waals surface area (Å²) in [5.41, 5.74) is 1.90. The van der Waals surface area contributed by atoms with Gasteiger partial charge in [0, 0.05) is 19.2 Å². The van der Waals surface area contributed by atoms with E-state index in [4.69, 9.17) is 0 Å². The fraction of sp³-hybridized carbons (Fsp3) is 0.579. The van der Waals surface area contributed by atoms with Crippen LogP contribution < -0.4 is 10.6 Å². The number of benzene rings is 1. The molecule has 1 saturated heterocycles. The molecule has 0 saturated carbocycles. The minimum absolute atomic E-state index is 0.0344. The van der Waals surface area contributed by atoms with Gasteiger partial charge < -0.3 is 15.5 Å². The smallest absolute Gasteiger partial charge is 0.243 e. The van der Waals surface area contributed by atoms with Gasteiger partial charge in [0.2, 0.25) is 11.8 Å². The molecule has 0 radical (unpaired) electrons. The van der Waals surface area contributed by atoms with Gasteiger partial charge in [0.15, 0.2) is 0 Å². The Morgan fingerprint density at radius 3 is 2.67 bits per heavy atom. The lowest BCUT2D eigenvalue weighted by Gasteiger charge is -2.29. The number of hydrogen-bond donors (Lipinski definition) is 2. The van der Waals surface area contributed by atoms with Crippen molar-refractivity contribution in [2.45, 2.75) is 33.1 Å².